The Morgan fingerprint density at radius 2 is 1.66 bits per heavy atom. The highest BCUT2D eigenvalue weighted by Gasteiger charge is 2.54. The lowest BCUT2D eigenvalue weighted by atomic mass is 10.1. The number of carbonyl (C=O) groups is 2. The highest BCUT2D eigenvalue weighted by molar-refractivity contribution is 5.71. The maximum absolute atomic E-state index is 12.9. The average Bonchev–Trinajstić information content (AvgIpc) is 3.59. The zero-order valence-corrected chi connectivity index (χ0v) is 23.8. The second-order valence-corrected chi connectivity index (χ2v) is 12.6. The van der Waals surface area contributed by atoms with Crippen LogP contribution >= 0.6 is 0 Å². The Labute approximate surface area is 225 Å². The summed E-state index contributed by atoms with van der Waals surface area (Å²) in [5.41, 5.74) is -1.07. The van der Waals surface area contributed by atoms with Crippen molar-refractivity contribution in [3.05, 3.63) is 11.8 Å². The molecule has 1 saturated carbocycles. The second-order valence-electron chi connectivity index (χ2n) is 12.6. The molecule has 2 amide bonds. The second kappa shape index (κ2) is 10.1. The molecule has 3 fully saturated rings. The number of hydrogen-bond donors (Lipinski definition) is 0. The van der Waals surface area contributed by atoms with Crippen LogP contribution in [0.25, 0.3) is 0 Å². The van der Waals surface area contributed by atoms with E-state index in [9.17, 15) is 14.9 Å². The summed E-state index contributed by atoms with van der Waals surface area (Å²) in [6, 6.07) is 3.84. The zero-order valence-electron chi connectivity index (χ0n) is 23.8. The number of nitrogens with zero attached hydrogens (tertiary/aromatic N) is 7. The monoisotopic (exact) mass is 527 g/mol. The van der Waals surface area contributed by atoms with E-state index in [1.54, 1.807) is 11.0 Å². The lowest BCUT2D eigenvalue weighted by Gasteiger charge is -2.43. The third-order valence-corrected chi connectivity index (χ3v) is 6.98. The number of carbonyl (C=O) groups excluding carboxylic acids is 2. The Bertz CT molecular complexity index is 1100. The standard InChI is InChI=1S/C27H41N7O4/c1-19-17-31(23(35)37-25(2,3)4)11-8-12-33(19)22-29-20(16-28)15-21(30-22)32-13-14-34(27(18-32)9-10-27)24(36)38-26(5,6)7/h15,19H,8-14,17-18H2,1-7H3/t19-/m0/s1. The van der Waals surface area contributed by atoms with Crippen molar-refractivity contribution in [3.8, 4) is 6.07 Å². The number of amides is 2. The van der Waals surface area contributed by atoms with E-state index in [1.165, 1.54) is 0 Å². The van der Waals surface area contributed by atoms with E-state index in [2.05, 4.69) is 20.9 Å². The van der Waals surface area contributed by atoms with Crippen LogP contribution in [0.1, 0.15) is 73.4 Å². The summed E-state index contributed by atoms with van der Waals surface area (Å²) in [7, 11) is 0. The molecule has 0 unspecified atom stereocenters. The maximum Gasteiger partial charge on any atom is 0.410 e. The molecule has 1 aromatic rings. The normalized spacial score (nSPS) is 21.6. The molecule has 1 aromatic heterocycles. The summed E-state index contributed by atoms with van der Waals surface area (Å²) in [6.07, 6.45) is 1.96. The number of aromatic nitrogens is 2. The summed E-state index contributed by atoms with van der Waals surface area (Å²) < 4.78 is 11.2. The molecule has 1 spiro atoms. The average molecular weight is 528 g/mol. The molecule has 38 heavy (non-hydrogen) atoms. The molecule has 3 aliphatic rings. The Morgan fingerprint density at radius 3 is 2.26 bits per heavy atom. The minimum Gasteiger partial charge on any atom is -0.444 e. The highest BCUT2D eigenvalue weighted by Crippen LogP contribution is 2.45. The van der Waals surface area contributed by atoms with E-state index in [0.717, 1.165) is 19.3 Å². The first-order valence-corrected chi connectivity index (χ1v) is 13.5. The lowest BCUT2D eigenvalue weighted by molar-refractivity contribution is 0.0105. The van der Waals surface area contributed by atoms with Crippen molar-refractivity contribution in [1.82, 2.24) is 19.8 Å². The van der Waals surface area contributed by atoms with E-state index >= 15 is 0 Å². The Morgan fingerprint density at radius 1 is 1.00 bits per heavy atom. The van der Waals surface area contributed by atoms with Crippen LogP contribution in [0.4, 0.5) is 21.4 Å². The molecule has 0 aromatic carbocycles. The quantitative estimate of drug-likeness (QED) is 0.567. The summed E-state index contributed by atoms with van der Waals surface area (Å²) in [5.74, 6) is 1.17. The molecule has 1 atom stereocenters. The van der Waals surface area contributed by atoms with Crippen molar-refractivity contribution in [3.63, 3.8) is 0 Å². The van der Waals surface area contributed by atoms with Crippen LogP contribution in [0.3, 0.4) is 0 Å². The van der Waals surface area contributed by atoms with Crippen molar-refractivity contribution in [1.29, 1.82) is 5.26 Å². The Kier molecular flexibility index (Phi) is 7.38. The first-order chi connectivity index (χ1) is 17.7. The maximum atomic E-state index is 12.9. The van der Waals surface area contributed by atoms with Crippen LogP contribution in [-0.2, 0) is 9.47 Å². The van der Waals surface area contributed by atoms with Crippen LogP contribution in [0.5, 0.6) is 0 Å². The third kappa shape index (κ3) is 6.40. The van der Waals surface area contributed by atoms with E-state index in [1.807, 2.05) is 53.4 Å². The fourth-order valence-corrected chi connectivity index (χ4v) is 5.07. The first-order valence-electron chi connectivity index (χ1n) is 13.5. The summed E-state index contributed by atoms with van der Waals surface area (Å²) in [5, 5.41) is 9.75. The fourth-order valence-electron chi connectivity index (χ4n) is 5.07. The SMILES string of the molecule is C[C@H]1CN(C(=O)OC(C)(C)C)CCCN1c1nc(C#N)cc(N2CCN(C(=O)OC(C)(C)C)C3(CC3)C2)n1. The van der Waals surface area contributed by atoms with Crippen LogP contribution in [0, 0.1) is 11.3 Å². The van der Waals surface area contributed by atoms with E-state index < -0.39 is 11.2 Å². The van der Waals surface area contributed by atoms with Gasteiger partial charge in [0.1, 0.15) is 28.8 Å². The van der Waals surface area contributed by atoms with Gasteiger partial charge < -0.3 is 24.2 Å². The summed E-state index contributed by atoms with van der Waals surface area (Å²) in [6.45, 7) is 16.7. The highest BCUT2D eigenvalue weighted by atomic mass is 16.6. The third-order valence-electron chi connectivity index (χ3n) is 6.98. The van der Waals surface area contributed by atoms with Crippen molar-refractivity contribution >= 4 is 24.0 Å². The molecule has 11 heteroatoms. The van der Waals surface area contributed by atoms with Gasteiger partial charge in [-0.2, -0.15) is 10.2 Å². The van der Waals surface area contributed by atoms with Crippen LogP contribution in [0.15, 0.2) is 6.07 Å². The van der Waals surface area contributed by atoms with Crippen molar-refractivity contribution < 1.29 is 19.1 Å². The predicted molar refractivity (Wildman–Crippen MR) is 143 cm³/mol. The molecule has 2 saturated heterocycles. The lowest BCUT2D eigenvalue weighted by Crippen LogP contribution is -2.58. The number of ether oxygens (including phenoxy) is 2. The first kappa shape index (κ1) is 27.7. The minimum atomic E-state index is -0.558. The molecule has 2 aliphatic heterocycles. The van der Waals surface area contributed by atoms with E-state index in [4.69, 9.17) is 14.5 Å². The molecule has 4 rings (SSSR count). The molecular weight excluding hydrogens is 486 g/mol. The van der Waals surface area contributed by atoms with Gasteiger partial charge >= 0.3 is 12.2 Å². The number of anilines is 2. The van der Waals surface area contributed by atoms with Crippen LogP contribution in [0.2, 0.25) is 0 Å². The summed E-state index contributed by atoms with van der Waals surface area (Å²) >= 11 is 0. The van der Waals surface area contributed by atoms with Gasteiger partial charge in [0.2, 0.25) is 5.95 Å². The largest absolute Gasteiger partial charge is 0.444 e. The Balaban J connectivity index is 1.51. The molecule has 0 bridgehead atoms. The van der Waals surface area contributed by atoms with E-state index in [-0.39, 0.29) is 23.8 Å². The van der Waals surface area contributed by atoms with Gasteiger partial charge in [-0.1, -0.05) is 0 Å². The van der Waals surface area contributed by atoms with Gasteiger partial charge in [0, 0.05) is 51.4 Å². The van der Waals surface area contributed by atoms with Crippen molar-refractivity contribution in [2.75, 3.05) is 49.1 Å². The Hall–Kier alpha value is -3.29. The molecule has 0 radical (unpaired) electrons. The number of piperazine rings is 1. The van der Waals surface area contributed by atoms with Crippen LogP contribution < -0.4 is 9.80 Å². The van der Waals surface area contributed by atoms with Gasteiger partial charge in [-0.25, -0.2) is 14.6 Å². The molecular formula is C27H41N7O4. The smallest absolute Gasteiger partial charge is 0.410 e. The predicted octanol–water partition coefficient (Wildman–Crippen LogP) is 3.77. The van der Waals surface area contributed by atoms with Gasteiger partial charge in [0.25, 0.3) is 0 Å². The zero-order chi connectivity index (χ0) is 27.9. The van der Waals surface area contributed by atoms with Crippen molar-refractivity contribution in [2.45, 2.75) is 90.5 Å². The van der Waals surface area contributed by atoms with Crippen LogP contribution in [-0.4, -0.2) is 94.0 Å². The molecule has 1 aliphatic carbocycles. The fraction of sp³-hybridized carbons (Fsp3) is 0.741. The van der Waals surface area contributed by atoms with Gasteiger partial charge in [0.05, 0.1) is 5.54 Å². The number of rotatable bonds is 2. The molecule has 0 N–H and O–H groups in total. The van der Waals surface area contributed by atoms with Gasteiger partial charge in [-0.3, -0.25) is 4.90 Å². The number of nitriles is 1. The molecule has 11 nitrogen and oxygen atoms in total. The molecule has 208 valence electrons. The molecule has 3 heterocycles. The van der Waals surface area contributed by atoms with Gasteiger partial charge in [-0.15, -0.1) is 0 Å². The van der Waals surface area contributed by atoms with E-state index in [0.29, 0.717) is 56.7 Å². The summed E-state index contributed by atoms with van der Waals surface area (Å²) in [4.78, 5) is 42.8. The van der Waals surface area contributed by atoms with Gasteiger partial charge in [0.15, 0.2) is 0 Å². The van der Waals surface area contributed by atoms with Crippen molar-refractivity contribution in [2.24, 2.45) is 0 Å². The van der Waals surface area contributed by atoms with Gasteiger partial charge in [-0.05, 0) is 67.7 Å². The topological polar surface area (TPSA) is 115 Å². The minimum absolute atomic E-state index is 0.0643. The number of hydrogen-bond acceptors (Lipinski definition) is 9.